The quantitative estimate of drug-likeness (QED) is 0.296. The summed E-state index contributed by atoms with van der Waals surface area (Å²) < 4.78 is 8.51. The first-order valence-corrected chi connectivity index (χ1v) is 12.8. The Balaban J connectivity index is 0.00000324. The molecule has 0 aliphatic carbocycles. The summed E-state index contributed by atoms with van der Waals surface area (Å²) in [5.74, 6) is 0.575. The van der Waals surface area contributed by atoms with E-state index in [0.717, 1.165) is 41.7 Å². The number of halogens is 2. The van der Waals surface area contributed by atoms with Gasteiger partial charge in [-0.3, -0.25) is 4.79 Å². The lowest BCUT2D eigenvalue weighted by atomic mass is 9.93. The van der Waals surface area contributed by atoms with Crippen LogP contribution in [0.1, 0.15) is 41.6 Å². The van der Waals surface area contributed by atoms with Gasteiger partial charge < -0.3 is 19.7 Å². The van der Waals surface area contributed by atoms with Gasteiger partial charge in [0.05, 0.1) is 11.6 Å². The Hall–Kier alpha value is -2.09. The average molecular weight is 551 g/mol. The maximum Gasteiger partial charge on any atom is 0.306 e. The maximum absolute atomic E-state index is 12.0. The van der Waals surface area contributed by atoms with E-state index in [0.29, 0.717) is 24.8 Å². The smallest absolute Gasteiger partial charge is 0.306 e. The molecule has 4 rings (SSSR count). The fourth-order valence-corrected chi connectivity index (χ4v) is 5.80. The van der Waals surface area contributed by atoms with Gasteiger partial charge in [0.25, 0.3) is 0 Å². The molecule has 0 unspecified atom stereocenters. The third-order valence-electron chi connectivity index (χ3n) is 6.50. The fourth-order valence-electron chi connectivity index (χ4n) is 5.04. The molecule has 0 saturated carbocycles. The van der Waals surface area contributed by atoms with Crippen LogP contribution < -0.4 is 4.90 Å². The van der Waals surface area contributed by atoms with Crippen LogP contribution in [0.2, 0.25) is 0 Å². The molecule has 34 heavy (non-hydrogen) atoms. The summed E-state index contributed by atoms with van der Waals surface area (Å²) >= 11 is 9.24. The number of pyridine rings is 1. The van der Waals surface area contributed by atoms with Crippen molar-refractivity contribution in [2.45, 2.75) is 47.0 Å². The first-order chi connectivity index (χ1) is 15.8. The molecule has 3 heterocycles. The Labute approximate surface area is 214 Å². The summed E-state index contributed by atoms with van der Waals surface area (Å²) in [6, 6.07) is 6.52. The molecule has 8 heteroatoms. The predicted octanol–water partition coefficient (Wildman–Crippen LogP) is 5.59. The van der Waals surface area contributed by atoms with E-state index in [1.807, 2.05) is 0 Å². The zero-order chi connectivity index (χ0) is 23.7. The van der Waals surface area contributed by atoms with Gasteiger partial charge in [-0.25, -0.2) is 4.98 Å². The largest absolute Gasteiger partial charge is 0.464 e. The number of carbonyl (C=O) groups excluding carboxylic acids is 1. The van der Waals surface area contributed by atoms with E-state index in [1.54, 1.807) is 0 Å². The molecule has 6 nitrogen and oxygen atoms in total. The third kappa shape index (κ3) is 5.42. The van der Waals surface area contributed by atoms with E-state index in [-0.39, 0.29) is 11.4 Å². The number of nitrogens with zero attached hydrogens (tertiary/aromatic N) is 3. The van der Waals surface area contributed by atoms with Gasteiger partial charge in [-0.15, -0.1) is 11.6 Å². The predicted molar refractivity (Wildman–Crippen MR) is 143 cm³/mol. The van der Waals surface area contributed by atoms with Crippen molar-refractivity contribution in [1.29, 1.82) is 0 Å². The molecular weight excluding hydrogens is 518 g/mol. The number of carbonyl (C=O) groups is 1. The van der Waals surface area contributed by atoms with Crippen LogP contribution >= 0.6 is 27.5 Å². The number of ether oxygens (including phenoxy) is 1. The third-order valence-corrected chi connectivity index (χ3v) is 7.11. The fraction of sp³-hybridized carbons (Fsp3) is 0.462. The Morgan fingerprint density at radius 1 is 1.12 bits per heavy atom. The van der Waals surface area contributed by atoms with E-state index in [2.05, 4.69) is 77.5 Å². The van der Waals surface area contributed by atoms with Crippen LogP contribution in [-0.2, 0) is 9.53 Å². The van der Waals surface area contributed by atoms with Crippen LogP contribution in [0.3, 0.4) is 0 Å². The molecule has 0 atom stereocenters. The lowest BCUT2D eigenvalue weighted by Gasteiger charge is -2.34. The highest BCUT2D eigenvalue weighted by molar-refractivity contribution is 9.10. The van der Waals surface area contributed by atoms with Gasteiger partial charge in [0, 0.05) is 46.9 Å². The summed E-state index contributed by atoms with van der Waals surface area (Å²) in [4.78, 5) is 19.4. The number of aryl methyl sites for hydroxylation is 4. The number of rotatable bonds is 6. The molecule has 0 radical (unpaired) electrons. The van der Waals surface area contributed by atoms with Crippen LogP contribution in [0.5, 0.6) is 0 Å². The standard InChI is InChI=1S/C26H31BrClN3O2.H2O/c1-16-11-21(27)12-17(2)25(16)31-15-18(3)24-22(13-19(4)29-26(24)31)30-8-5-20(6-9-30)14-23(32)33-10-7-28;/h11-13,15,20H,5-10,14H2,1-4H3;1H2. The maximum atomic E-state index is 12.0. The minimum Gasteiger partial charge on any atom is -0.464 e. The molecule has 0 bridgehead atoms. The summed E-state index contributed by atoms with van der Waals surface area (Å²) in [5.41, 5.74) is 8.09. The summed E-state index contributed by atoms with van der Waals surface area (Å²) in [7, 11) is 0. The topological polar surface area (TPSA) is 78.9 Å². The Morgan fingerprint density at radius 2 is 1.76 bits per heavy atom. The van der Waals surface area contributed by atoms with E-state index < -0.39 is 0 Å². The van der Waals surface area contributed by atoms with Gasteiger partial charge in [0.1, 0.15) is 12.3 Å². The Morgan fingerprint density at radius 3 is 2.38 bits per heavy atom. The first-order valence-electron chi connectivity index (χ1n) is 11.5. The van der Waals surface area contributed by atoms with E-state index in [1.165, 1.54) is 33.5 Å². The van der Waals surface area contributed by atoms with Gasteiger partial charge in [0.2, 0.25) is 0 Å². The number of anilines is 1. The number of benzene rings is 1. The number of fused-ring (bicyclic) bond motifs is 1. The zero-order valence-electron chi connectivity index (χ0n) is 20.3. The molecule has 1 fully saturated rings. The lowest BCUT2D eigenvalue weighted by molar-refractivity contribution is -0.144. The van der Waals surface area contributed by atoms with E-state index >= 15 is 0 Å². The number of alkyl halides is 1. The molecular formula is C26H33BrClN3O3. The Kier molecular flexibility index (Phi) is 8.66. The van der Waals surface area contributed by atoms with Gasteiger partial charge in [-0.05, 0) is 81.3 Å². The second kappa shape index (κ2) is 11.1. The molecule has 1 aliphatic heterocycles. The summed E-state index contributed by atoms with van der Waals surface area (Å²) in [5, 5.41) is 1.21. The second-order valence-corrected chi connectivity index (χ2v) is 10.4. The number of hydrogen-bond acceptors (Lipinski definition) is 4. The van der Waals surface area contributed by atoms with Crippen LogP contribution in [0.4, 0.5) is 5.69 Å². The Bertz CT molecular complexity index is 1160. The van der Waals surface area contributed by atoms with Crippen LogP contribution in [0.15, 0.2) is 28.9 Å². The average Bonchev–Trinajstić information content (AvgIpc) is 3.07. The van der Waals surface area contributed by atoms with E-state index in [9.17, 15) is 4.79 Å². The first kappa shape index (κ1) is 26.5. The molecule has 3 aromatic rings. The van der Waals surface area contributed by atoms with E-state index in [4.69, 9.17) is 21.3 Å². The number of piperidine rings is 1. The second-order valence-electron chi connectivity index (χ2n) is 9.10. The van der Waals surface area contributed by atoms with Gasteiger partial charge in [-0.2, -0.15) is 0 Å². The minimum absolute atomic E-state index is 0. The van der Waals surface area contributed by atoms with Crippen LogP contribution in [0.25, 0.3) is 16.7 Å². The molecule has 1 aliphatic rings. The molecule has 0 spiro atoms. The summed E-state index contributed by atoms with van der Waals surface area (Å²) in [6.07, 6.45) is 4.64. The van der Waals surface area contributed by atoms with Crippen molar-refractivity contribution < 1.29 is 15.0 Å². The van der Waals surface area contributed by atoms with Crippen molar-refractivity contribution >= 4 is 50.2 Å². The normalized spacial score (nSPS) is 14.4. The molecule has 1 aromatic carbocycles. The highest BCUT2D eigenvalue weighted by Gasteiger charge is 2.25. The van der Waals surface area contributed by atoms with Crippen molar-refractivity contribution in [3.8, 4) is 5.69 Å². The highest BCUT2D eigenvalue weighted by Crippen LogP contribution is 2.36. The zero-order valence-corrected chi connectivity index (χ0v) is 22.6. The molecule has 0 amide bonds. The monoisotopic (exact) mass is 549 g/mol. The van der Waals surface area contributed by atoms with Gasteiger partial charge >= 0.3 is 5.97 Å². The highest BCUT2D eigenvalue weighted by atomic mass is 79.9. The van der Waals surface area contributed by atoms with Crippen LogP contribution in [-0.4, -0.2) is 46.6 Å². The van der Waals surface area contributed by atoms with Crippen molar-refractivity contribution in [2.75, 3.05) is 30.5 Å². The van der Waals surface area contributed by atoms with Crippen molar-refractivity contribution in [1.82, 2.24) is 9.55 Å². The molecule has 1 saturated heterocycles. The van der Waals surface area contributed by atoms with Crippen molar-refractivity contribution in [3.05, 3.63) is 51.3 Å². The SMILES string of the molecule is Cc1cc(N2CCC(CC(=O)OCCCl)CC2)c2c(C)cn(-c3c(C)cc(Br)cc3C)c2n1.O. The van der Waals surface area contributed by atoms with Crippen molar-refractivity contribution in [3.63, 3.8) is 0 Å². The summed E-state index contributed by atoms with van der Waals surface area (Å²) in [6.45, 7) is 10.7. The van der Waals surface area contributed by atoms with Gasteiger partial charge in [-0.1, -0.05) is 15.9 Å². The molecule has 2 N–H and O–H groups in total. The number of esters is 1. The van der Waals surface area contributed by atoms with Gasteiger partial charge in [0.15, 0.2) is 0 Å². The molecule has 184 valence electrons. The number of hydrogen-bond donors (Lipinski definition) is 0. The molecule has 2 aromatic heterocycles. The van der Waals surface area contributed by atoms with Crippen LogP contribution in [0, 0.1) is 33.6 Å². The van der Waals surface area contributed by atoms with Crippen molar-refractivity contribution in [2.24, 2.45) is 5.92 Å². The number of aromatic nitrogens is 2. The lowest BCUT2D eigenvalue weighted by Crippen LogP contribution is -2.34. The minimum atomic E-state index is -0.135.